The normalized spacial score (nSPS) is 18.0. The number of ether oxygens (including phenoxy) is 1. The summed E-state index contributed by atoms with van der Waals surface area (Å²) in [6.45, 7) is 5.06. The lowest BCUT2D eigenvalue weighted by atomic mass is 9.96. The van der Waals surface area contributed by atoms with Crippen LogP contribution in [-0.2, 0) is 13.0 Å². The molecule has 2 aromatic rings. The molecule has 0 N–H and O–H groups in total. The minimum Gasteiger partial charge on any atom is -0.497 e. The zero-order valence-electron chi connectivity index (χ0n) is 16.1. The summed E-state index contributed by atoms with van der Waals surface area (Å²) in [5.74, 6) is 1.76. The van der Waals surface area contributed by atoms with E-state index >= 15 is 0 Å². The Kier molecular flexibility index (Phi) is 5.44. The number of benzene rings is 2. The van der Waals surface area contributed by atoms with Gasteiger partial charge in [-0.15, -0.1) is 0 Å². The molecule has 0 aromatic heterocycles. The minimum absolute atomic E-state index is 0.215. The maximum absolute atomic E-state index is 12.5. The molecule has 1 fully saturated rings. The number of fused-ring (bicyclic) bond motifs is 1. The van der Waals surface area contributed by atoms with Crippen molar-refractivity contribution in [1.29, 1.82) is 0 Å². The quantitative estimate of drug-likeness (QED) is 0.785. The third-order valence-corrected chi connectivity index (χ3v) is 5.96. The van der Waals surface area contributed by atoms with E-state index < -0.39 is 0 Å². The van der Waals surface area contributed by atoms with Gasteiger partial charge in [-0.05, 0) is 67.6 Å². The van der Waals surface area contributed by atoms with Gasteiger partial charge in [0.1, 0.15) is 5.75 Å². The Morgan fingerprint density at radius 2 is 1.78 bits per heavy atom. The standard InChI is InChI=1S/C23H28N2O2/c1-27-21-8-6-18(7-9-21)10-13-24-14-11-19(12-15-24)16-25-17-20-4-2-3-5-22(20)23(25)26/h2-9,19H,10-17H2,1H3. The van der Waals surface area contributed by atoms with Crippen LogP contribution in [0.1, 0.15) is 34.3 Å². The first-order chi connectivity index (χ1) is 13.2. The molecule has 0 unspecified atom stereocenters. The smallest absolute Gasteiger partial charge is 0.254 e. The monoisotopic (exact) mass is 364 g/mol. The fourth-order valence-electron chi connectivity index (χ4n) is 4.25. The summed E-state index contributed by atoms with van der Waals surface area (Å²) < 4.78 is 5.22. The summed E-state index contributed by atoms with van der Waals surface area (Å²) >= 11 is 0. The molecule has 1 saturated heterocycles. The number of carbonyl (C=O) groups excluding carboxylic acids is 1. The van der Waals surface area contributed by atoms with Crippen molar-refractivity contribution in [2.75, 3.05) is 33.3 Å². The fraction of sp³-hybridized carbons (Fsp3) is 0.435. The highest BCUT2D eigenvalue weighted by Crippen LogP contribution is 2.26. The number of hydrogen-bond donors (Lipinski definition) is 0. The summed E-state index contributed by atoms with van der Waals surface area (Å²) in [6, 6.07) is 16.4. The second kappa shape index (κ2) is 8.13. The number of methoxy groups -OCH3 is 1. The number of rotatable bonds is 6. The van der Waals surface area contributed by atoms with Gasteiger partial charge >= 0.3 is 0 Å². The summed E-state index contributed by atoms with van der Waals surface area (Å²) in [6.07, 6.45) is 3.44. The summed E-state index contributed by atoms with van der Waals surface area (Å²) in [7, 11) is 1.70. The van der Waals surface area contributed by atoms with Crippen LogP contribution in [0.25, 0.3) is 0 Å². The van der Waals surface area contributed by atoms with E-state index in [1.165, 1.54) is 24.0 Å². The van der Waals surface area contributed by atoms with Gasteiger partial charge in [0.05, 0.1) is 7.11 Å². The van der Waals surface area contributed by atoms with Gasteiger partial charge in [-0.2, -0.15) is 0 Å². The van der Waals surface area contributed by atoms with Crippen LogP contribution in [0.4, 0.5) is 0 Å². The Bertz CT molecular complexity index is 779. The molecule has 4 rings (SSSR count). The van der Waals surface area contributed by atoms with Crippen LogP contribution >= 0.6 is 0 Å². The van der Waals surface area contributed by atoms with Gasteiger partial charge in [0.2, 0.25) is 0 Å². The molecular weight excluding hydrogens is 336 g/mol. The van der Waals surface area contributed by atoms with Gasteiger partial charge in [-0.25, -0.2) is 0 Å². The zero-order chi connectivity index (χ0) is 18.6. The molecule has 0 aliphatic carbocycles. The number of amides is 1. The molecule has 4 heteroatoms. The molecule has 27 heavy (non-hydrogen) atoms. The molecule has 2 aliphatic rings. The van der Waals surface area contributed by atoms with E-state index in [0.29, 0.717) is 5.92 Å². The lowest BCUT2D eigenvalue weighted by Crippen LogP contribution is -2.39. The van der Waals surface area contributed by atoms with Crippen LogP contribution in [-0.4, -0.2) is 49.0 Å². The van der Waals surface area contributed by atoms with Crippen molar-refractivity contribution in [2.45, 2.75) is 25.8 Å². The van der Waals surface area contributed by atoms with Crippen molar-refractivity contribution in [3.8, 4) is 5.75 Å². The van der Waals surface area contributed by atoms with Crippen LogP contribution in [0.2, 0.25) is 0 Å². The average Bonchev–Trinajstić information content (AvgIpc) is 3.03. The predicted octanol–water partition coefficient (Wildman–Crippen LogP) is 3.61. The van der Waals surface area contributed by atoms with Crippen molar-refractivity contribution >= 4 is 5.91 Å². The molecule has 1 amide bonds. The van der Waals surface area contributed by atoms with Crippen molar-refractivity contribution in [3.05, 3.63) is 65.2 Å². The molecule has 0 spiro atoms. The highest BCUT2D eigenvalue weighted by molar-refractivity contribution is 5.98. The van der Waals surface area contributed by atoms with Crippen molar-refractivity contribution < 1.29 is 9.53 Å². The third-order valence-electron chi connectivity index (χ3n) is 5.96. The summed E-state index contributed by atoms with van der Waals surface area (Å²) in [5.41, 5.74) is 3.44. The number of likely N-dealkylation sites (tertiary alicyclic amines) is 1. The van der Waals surface area contributed by atoms with E-state index in [-0.39, 0.29) is 5.91 Å². The molecule has 0 atom stereocenters. The molecule has 0 radical (unpaired) electrons. The highest BCUT2D eigenvalue weighted by Gasteiger charge is 2.29. The number of carbonyl (C=O) groups is 1. The highest BCUT2D eigenvalue weighted by atomic mass is 16.5. The van der Waals surface area contributed by atoms with Crippen LogP contribution in [0, 0.1) is 5.92 Å². The van der Waals surface area contributed by atoms with Crippen molar-refractivity contribution in [3.63, 3.8) is 0 Å². The fourth-order valence-corrected chi connectivity index (χ4v) is 4.25. The second-order valence-electron chi connectivity index (χ2n) is 7.73. The van der Waals surface area contributed by atoms with Crippen molar-refractivity contribution in [1.82, 2.24) is 9.80 Å². The van der Waals surface area contributed by atoms with Gasteiger partial charge in [-0.3, -0.25) is 4.79 Å². The molecule has 4 nitrogen and oxygen atoms in total. The van der Waals surface area contributed by atoms with E-state index in [1.807, 2.05) is 35.2 Å². The van der Waals surface area contributed by atoms with E-state index in [0.717, 1.165) is 50.5 Å². The molecule has 0 saturated carbocycles. The van der Waals surface area contributed by atoms with Crippen LogP contribution < -0.4 is 4.74 Å². The lowest BCUT2D eigenvalue weighted by Gasteiger charge is -2.33. The maximum Gasteiger partial charge on any atom is 0.254 e. The second-order valence-corrected chi connectivity index (χ2v) is 7.73. The largest absolute Gasteiger partial charge is 0.497 e. The Morgan fingerprint density at radius 3 is 2.48 bits per heavy atom. The SMILES string of the molecule is COc1ccc(CCN2CCC(CN3Cc4ccccc4C3=O)CC2)cc1. The summed E-state index contributed by atoms with van der Waals surface area (Å²) in [5, 5.41) is 0. The number of nitrogens with zero attached hydrogens (tertiary/aromatic N) is 2. The number of hydrogen-bond acceptors (Lipinski definition) is 3. The first-order valence-electron chi connectivity index (χ1n) is 9.95. The van der Waals surface area contributed by atoms with Gasteiger partial charge in [0.15, 0.2) is 0 Å². The molecule has 2 aromatic carbocycles. The first-order valence-corrected chi connectivity index (χ1v) is 9.95. The first kappa shape index (κ1) is 18.1. The Morgan fingerprint density at radius 1 is 1.04 bits per heavy atom. The van der Waals surface area contributed by atoms with Gasteiger partial charge < -0.3 is 14.5 Å². The van der Waals surface area contributed by atoms with Crippen LogP contribution in [0.5, 0.6) is 5.75 Å². The van der Waals surface area contributed by atoms with E-state index in [4.69, 9.17) is 4.74 Å². The zero-order valence-corrected chi connectivity index (χ0v) is 16.1. The van der Waals surface area contributed by atoms with Crippen molar-refractivity contribution in [2.24, 2.45) is 5.92 Å². The van der Waals surface area contributed by atoms with E-state index in [1.54, 1.807) is 7.11 Å². The Labute approximate surface area is 161 Å². The lowest BCUT2D eigenvalue weighted by molar-refractivity contribution is 0.0714. The topological polar surface area (TPSA) is 32.8 Å². The molecule has 2 heterocycles. The van der Waals surface area contributed by atoms with Gasteiger partial charge in [0, 0.05) is 25.2 Å². The van der Waals surface area contributed by atoms with Crippen LogP contribution in [0.3, 0.4) is 0 Å². The van der Waals surface area contributed by atoms with E-state index in [9.17, 15) is 4.79 Å². The van der Waals surface area contributed by atoms with E-state index in [2.05, 4.69) is 23.1 Å². The van der Waals surface area contributed by atoms with Crippen LogP contribution in [0.15, 0.2) is 48.5 Å². The third kappa shape index (κ3) is 4.16. The Hall–Kier alpha value is -2.33. The maximum atomic E-state index is 12.5. The molecule has 0 bridgehead atoms. The van der Waals surface area contributed by atoms with Gasteiger partial charge in [-0.1, -0.05) is 30.3 Å². The predicted molar refractivity (Wildman–Crippen MR) is 107 cm³/mol. The average molecular weight is 364 g/mol. The summed E-state index contributed by atoms with van der Waals surface area (Å²) in [4.78, 5) is 17.1. The molecule has 2 aliphatic heterocycles. The molecular formula is C23H28N2O2. The minimum atomic E-state index is 0.215. The molecule has 142 valence electrons. The van der Waals surface area contributed by atoms with Gasteiger partial charge in [0.25, 0.3) is 5.91 Å². The number of piperidine rings is 1. The Balaban J connectivity index is 1.22.